The molecule has 3 N–H and O–H groups in total. The molecular formula is C10H12BrNO3. The minimum atomic E-state index is -1.14. The molecule has 0 aliphatic carbocycles. The van der Waals surface area contributed by atoms with E-state index in [4.69, 9.17) is 5.11 Å². The number of rotatable bonds is 3. The van der Waals surface area contributed by atoms with Crippen molar-refractivity contribution in [2.75, 3.05) is 0 Å². The Labute approximate surface area is 96.1 Å². The Morgan fingerprint density at radius 3 is 2.60 bits per heavy atom. The van der Waals surface area contributed by atoms with Crippen LogP contribution in [0.5, 0.6) is 0 Å². The standard InChI is InChI=1S/C10H12BrNO3/c1-6(12-10(14)15)9(13)7-4-2-3-5-8(7)11/h2-6,9,12-13H,1H3,(H,14,15)/t6-,9+/m1/s1. The largest absolute Gasteiger partial charge is 0.465 e. The third-order valence-electron chi connectivity index (χ3n) is 2.05. The van der Waals surface area contributed by atoms with Gasteiger partial charge in [-0.2, -0.15) is 0 Å². The van der Waals surface area contributed by atoms with Crippen molar-refractivity contribution >= 4 is 22.0 Å². The molecule has 0 fully saturated rings. The van der Waals surface area contributed by atoms with E-state index >= 15 is 0 Å². The average molecular weight is 274 g/mol. The molecule has 0 aliphatic rings. The fourth-order valence-corrected chi connectivity index (χ4v) is 1.78. The first-order valence-electron chi connectivity index (χ1n) is 4.44. The number of halogens is 1. The van der Waals surface area contributed by atoms with Gasteiger partial charge >= 0.3 is 6.09 Å². The highest BCUT2D eigenvalue weighted by molar-refractivity contribution is 9.10. The highest BCUT2D eigenvalue weighted by atomic mass is 79.9. The van der Waals surface area contributed by atoms with Gasteiger partial charge in [-0.1, -0.05) is 34.1 Å². The van der Waals surface area contributed by atoms with Crippen LogP contribution in [0.3, 0.4) is 0 Å². The average Bonchev–Trinajstić information content (AvgIpc) is 2.16. The zero-order valence-electron chi connectivity index (χ0n) is 8.14. The summed E-state index contributed by atoms with van der Waals surface area (Å²) in [6.07, 6.45) is -2.01. The van der Waals surface area contributed by atoms with E-state index in [2.05, 4.69) is 21.2 Å². The number of aliphatic hydroxyl groups excluding tert-OH is 1. The smallest absolute Gasteiger partial charge is 0.404 e. The monoisotopic (exact) mass is 273 g/mol. The number of carbonyl (C=O) groups is 1. The molecule has 2 atom stereocenters. The molecule has 15 heavy (non-hydrogen) atoms. The molecule has 0 saturated carbocycles. The van der Waals surface area contributed by atoms with Crippen molar-refractivity contribution in [2.45, 2.75) is 19.1 Å². The molecular weight excluding hydrogens is 262 g/mol. The maximum Gasteiger partial charge on any atom is 0.404 e. The summed E-state index contributed by atoms with van der Waals surface area (Å²) in [6, 6.07) is 6.61. The molecule has 1 aromatic rings. The van der Waals surface area contributed by atoms with Crippen molar-refractivity contribution in [3.8, 4) is 0 Å². The van der Waals surface area contributed by atoms with Gasteiger partial charge in [0.2, 0.25) is 0 Å². The predicted octanol–water partition coefficient (Wildman–Crippen LogP) is 2.14. The lowest BCUT2D eigenvalue weighted by molar-refractivity contribution is 0.126. The Bertz CT molecular complexity index is 356. The van der Waals surface area contributed by atoms with E-state index < -0.39 is 18.2 Å². The van der Waals surface area contributed by atoms with Crippen LogP contribution in [-0.2, 0) is 0 Å². The van der Waals surface area contributed by atoms with Crippen LogP contribution < -0.4 is 5.32 Å². The van der Waals surface area contributed by atoms with E-state index in [0.29, 0.717) is 5.56 Å². The van der Waals surface area contributed by atoms with Gasteiger partial charge in [-0.25, -0.2) is 4.79 Å². The lowest BCUT2D eigenvalue weighted by Gasteiger charge is -2.19. The molecule has 0 aromatic heterocycles. The SMILES string of the molecule is C[C@@H](NC(=O)O)[C@H](O)c1ccccc1Br. The van der Waals surface area contributed by atoms with Gasteiger partial charge in [-0.3, -0.25) is 0 Å². The van der Waals surface area contributed by atoms with Crippen molar-refractivity contribution in [3.05, 3.63) is 34.3 Å². The van der Waals surface area contributed by atoms with E-state index in [1.165, 1.54) is 0 Å². The maximum absolute atomic E-state index is 10.4. The lowest BCUT2D eigenvalue weighted by atomic mass is 10.0. The molecule has 0 bridgehead atoms. The highest BCUT2D eigenvalue weighted by Crippen LogP contribution is 2.25. The van der Waals surface area contributed by atoms with E-state index in [9.17, 15) is 9.90 Å². The summed E-state index contributed by atoms with van der Waals surface area (Å²) in [5, 5.41) is 20.6. The van der Waals surface area contributed by atoms with Gasteiger partial charge in [0.15, 0.2) is 0 Å². The van der Waals surface area contributed by atoms with Gasteiger partial charge in [-0.15, -0.1) is 0 Å². The Hall–Kier alpha value is -1.07. The van der Waals surface area contributed by atoms with Gasteiger partial charge in [0.05, 0.1) is 6.04 Å². The number of benzene rings is 1. The summed E-state index contributed by atoms with van der Waals surface area (Å²) in [7, 11) is 0. The number of hydrogen-bond acceptors (Lipinski definition) is 2. The van der Waals surface area contributed by atoms with Gasteiger partial charge in [0.25, 0.3) is 0 Å². The molecule has 0 spiro atoms. The number of amides is 1. The highest BCUT2D eigenvalue weighted by Gasteiger charge is 2.19. The number of carboxylic acid groups (broad SMARTS) is 1. The van der Waals surface area contributed by atoms with Crippen LogP contribution in [0, 0.1) is 0 Å². The third kappa shape index (κ3) is 3.21. The van der Waals surface area contributed by atoms with Crippen molar-refractivity contribution in [3.63, 3.8) is 0 Å². The quantitative estimate of drug-likeness (QED) is 0.790. The summed E-state index contributed by atoms with van der Waals surface area (Å²) in [4.78, 5) is 10.4. The first-order chi connectivity index (χ1) is 7.02. The van der Waals surface area contributed by atoms with Gasteiger partial charge in [0.1, 0.15) is 6.10 Å². The van der Waals surface area contributed by atoms with Crippen molar-refractivity contribution in [2.24, 2.45) is 0 Å². The summed E-state index contributed by atoms with van der Waals surface area (Å²) in [6.45, 7) is 1.61. The minimum Gasteiger partial charge on any atom is -0.465 e. The predicted molar refractivity (Wildman–Crippen MR) is 59.7 cm³/mol. The zero-order chi connectivity index (χ0) is 11.4. The topological polar surface area (TPSA) is 69.6 Å². The van der Waals surface area contributed by atoms with Crippen LogP contribution in [-0.4, -0.2) is 22.3 Å². The fourth-order valence-electron chi connectivity index (χ4n) is 1.26. The molecule has 4 nitrogen and oxygen atoms in total. The minimum absolute atomic E-state index is 0.554. The molecule has 1 aromatic carbocycles. The lowest BCUT2D eigenvalue weighted by Crippen LogP contribution is -2.36. The summed E-state index contributed by atoms with van der Waals surface area (Å²) in [5.41, 5.74) is 0.666. The van der Waals surface area contributed by atoms with E-state index in [0.717, 1.165) is 4.47 Å². The summed E-state index contributed by atoms with van der Waals surface area (Å²) >= 11 is 3.30. The summed E-state index contributed by atoms with van der Waals surface area (Å²) < 4.78 is 0.761. The molecule has 0 unspecified atom stereocenters. The van der Waals surface area contributed by atoms with E-state index in [-0.39, 0.29) is 0 Å². The summed E-state index contributed by atoms with van der Waals surface area (Å²) in [5.74, 6) is 0. The Morgan fingerprint density at radius 1 is 1.47 bits per heavy atom. The fraction of sp³-hybridized carbons (Fsp3) is 0.300. The molecule has 0 radical (unpaired) electrons. The van der Waals surface area contributed by atoms with Crippen LogP contribution in [0.1, 0.15) is 18.6 Å². The number of nitrogens with one attached hydrogen (secondary N) is 1. The number of hydrogen-bond donors (Lipinski definition) is 3. The molecule has 1 amide bonds. The van der Waals surface area contributed by atoms with Crippen molar-refractivity contribution < 1.29 is 15.0 Å². The number of aliphatic hydroxyl groups is 1. The molecule has 82 valence electrons. The second-order valence-electron chi connectivity index (χ2n) is 3.20. The van der Waals surface area contributed by atoms with Crippen molar-refractivity contribution in [1.29, 1.82) is 0 Å². The van der Waals surface area contributed by atoms with E-state index in [1.54, 1.807) is 25.1 Å². The zero-order valence-corrected chi connectivity index (χ0v) is 9.73. The second-order valence-corrected chi connectivity index (χ2v) is 4.06. The van der Waals surface area contributed by atoms with Crippen LogP contribution in [0.25, 0.3) is 0 Å². The van der Waals surface area contributed by atoms with Gasteiger partial charge in [0, 0.05) is 4.47 Å². The van der Waals surface area contributed by atoms with Gasteiger partial charge in [-0.05, 0) is 18.6 Å². The molecule has 0 aliphatic heterocycles. The third-order valence-corrected chi connectivity index (χ3v) is 2.77. The molecule has 5 heteroatoms. The van der Waals surface area contributed by atoms with Crippen LogP contribution in [0.15, 0.2) is 28.7 Å². The molecule has 0 heterocycles. The first kappa shape index (κ1) is 12.0. The van der Waals surface area contributed by atoms with Crippen molar-refractivity contribution in [1.82, 2.24) is 5.32 Å². The normalized spacial score (nSPS) is 14.3. The van der Waals surface area contributed by atoms with Crippen LogP contribution in [0.2, 0.25) is 0 Å². The van der Waals surface area contributed by atoms with E-state index in [1.807, 2.05) is 6.07 Å². The van der Waals surface area contributed by atoms with Crippen LogP contribution >= 0.6 is 15.9 Å². The second kappa shape index (κ2) is 5.14. The van der Waals surface area contributed by atoms with Gasteiger partial charge < -0.3 is 15.5 Å². The first-order valence-corrected chi connectivity index (χ1v) is 5.23. The molecule has 0 saturated heterocycles. The Morgan fingerprint density at radius 2 is 2.07 bits per heavy atom. The maximum atomic E-state index is 10.4. The molecule has 1 rings (SSSR count). The Balaban J connectivity index is 2.80. The Kier molecular flexibility index (Phi) is 4.11. The van der Waals surface area contributed by atoms with Crippen LogP contribution in [0.4, 0.5) is 4.79 Å².